The Morgan fingerprint density at radius 3 is 2.96 bits per heavy atom. The molecule has 24 heavy (non-hydrogen) atoms. The minimum absolute atomic E-state index is 0.657. The van der Waals surface area contributed by atoms with Crippen LogP contribution in [-0.4, -0.2) is 11.6 Å². The van der Waals surface area contributed by atoms with Crippen molar-refractivity contribution in [2.45, 2.75) is 13.3 Å². The summed E-state index contributed by atoms with van der Waals surface area (Å²) in [6.07, 6.45) is 4.13. The molecule has 0 spiro atoms. The van der Waals surface area contributed by atoms with Crippen LogP contribution >= 0.6 is 11.3 Å². The van der Waals surface area contributed by atoms with Crippen LogP contribution in [0, 0.1) is 6.92 Å². The molecule has 0 unspecified atom stereocenters. The Morgan fingerprint density at radius 1 is 1.17 bits per heavy atom. The lowest BCUT2D eigenvalue weighted by atomic mass is 10.0. The van der Waals surface area contributed by atoms with E-state index < -0.39 is 0 Å². The number of fused-ring (bicyclic) bond motifs is 1. The molecular formula is C20H17NO2S. The second-order valence-electron chi connectivity index (χ2n) is 5.67. The highest BCUT2D eigenvalue weighted by molar-refractivity contribution is 7.17. The van der Waals surface area contributed by atoms with E-state index in [9.17, 15) is 0 Å². The van der Waals surface area contributed by atoms with Crippen molar-refractivity contribution in [1.82, 2.24) is 4.98 Å². The number of aryl methyl sites for hydroxylation is 1. The van der Waals surface area contributed by atoms with Gasteiger partial charge in [0.2, 0.25) is 5.89 Å². The second-order valence-corrected chi connectivity index (χ2v) is 6.61. The zero-order valence-electron chi connectivity index (χ0n) is 13.4. The highest BCUT2D eigenvalue weighted by Gasteiger charge is 2.07. The Labute approximate surface area is 144 Å². The summed E-state index contributed by atoms with van der Waals surface area (Å²) in [7, 11) is 0. The normalized spacial score (nSPS) is 11.0. The second kappa shape index (κ2) is 6.49. The van der Waals surface area contributed by atoms with Gasteiger partial charge in [-0.1, -0.05) is 12.1 Å². The van der Waals surface area contributed by atoms with Crippen LogP contribution in [0.4, 0.5) is 0 Å². The predicted octanol–water partition coefficient (Wildman–Crippen LogP) is 5.49. The summed E-state index contributed by atoms with van der Waals surface area (Å²) in [5, 5.41) is 3.29. The molecular weight excluding hydrogens is 318 g/mol. The van der Waals surface area contributed by atoms with Crippen molar-refractivity contribution < 1.29 is 9.15 Å². The summed E-state index contributed by atoms with van der Waals surface area (Å²) in [5.74, 6) is 1.62. The lowest BCUT2D eigenvalue weighted by Crippen LogP contribution is -2.03. The Hall–Kier alpha value is -2.59. The number of oxazole rings is 1. The average Bonchev–Trinajstić information content (AvgIpc) is 3.28. The average molecular weight is 335 g/mol. The monoisotopic (exact) mass is 335 g/mol. The minimum atomic E-state index is 0.657. The van der Waals surface area contributed by atoms with E-state index in [-0.39, 0.29) is 0 Å². The molecule has 0 aliphatic heterocycles. The summed E-state index contributed by atoms with van der Waals surface area (Å²) in [6.45, 7) is 2.77. The summed E-state index contributed by atoms with van der Waals surface area (Å²) in [6, 6.07) is 14.6. The van der Waals surface area contributed by atoms with E-state index in [1.807, 2.05) is 18.2 Å². The first kappa shape index (κ1) is 15.0. The van der Waals surface area contributed by atoms with Gasteiger partial charge in [0.25, 0.3) is 0 Å². The van der Waals surface area contributed by atoms with Gasteiger partial charge in [0.15, 0.2) is 0 Å². The van der Waals surface area contributed by atoms with Crippen LogP contribution in [0.5, 0.6) is 5.75 Å². The maximum atomic E-state index is 6.01. The van der Waals surface area contributed by atoms with Crippen LogP contribution in [-0.2, 0) is 6.42 Å². The number of hydrogen-bond acceptors (Lipinski definition) is 4. The third-order valence-electron chi connectivity index (χ3n) is 4.11. The number of hydrogen-bond donors (Lipinski definition) is 0. The van der Waals surface area contributed by atoms with Crippen LogP contribution in [0.15, 0.2) is 64.7 Å². The van der Waals surface area contributed by atoms with Gasteiger partial charge in [-0.05, 0) is 53.8 Å². The standard InChI is InChI=1S/C20H17NO2S/c1-14-13-16(20-21-9-11-23-20)6-5-15(14)7-10-22-18-3-2-4-19-17(18)8-12-24-19/h2-6,8-9,11-13H,7,10H2,1H3. The lowest BCUT2D eigenvalue weighted by Gasteiger charge is -2.10. The molecule has 0 atom stereocenters. The number of ether oxygens (including phenoxy) is 1. The highest BCUT2D eigenvalue weighted by atomic mass is 32.1. The fourth-order valence-corrected chi connectivity index (χ4v) is 3.64. The molecule has 0 bridgehead atoms. The van der Waals surface area contributed by atoms with Gasteiger partial charge in [0.1, 0.15) is 12.0 Å². The van der Waals surface area contributed by atoms with Crippen molar-refractivity contribution in [3.63, 3.8) is 0 Å². The Kier molecular flexibility index (Phi) is 4.05. The van der Waals surface area contributed by atoms with E-state index in [1.54, 1.807) is 23.8 Å². The molecule has 2 aromatic carbocycles. The van der Waals surface area contributed by atoms with Gasteiger partial charge in [-0.15, -0.1) is 11.3 Å². The largest absolute Gasteiger partial charge is 0.493 e. The van der Waals surface area contributed by atoms with E-state index in [1.165, 1.54) is 21.2 Å². The third kappa shape index (κ3) is 2.93. The molecule has 0 fully saturated rings. The predicted molar refractivity (Wildman–Crippen MR) is 97.7 cm³/mol. The fraction of sp³-hybridized carbons (Fsp3) is 0.150. The van der Waals surface area contributed by atoms with E-state index >= 15 is 0 Å². The van der Waals surface area contributed by atoms with Crippen molar-refractivity contribution >= 4 is 21.4 Å². The number of nitrogens with zero attached hydrogens (tertiary/aromatic N) is 1. The molecule has 120 valence electrons. The van der Waals surface area contributed by atoms with Gasteiger partial charge in [0.05, 0.1) is 12.8 Å². The molecule has 2 heterocycles. The van der Waals surface area contributed by atoms with Crippen LogP contribution in [0.3, 0.4) is 0 Å². The van der Waals surface area contributed by atoms with Gasteiger partial charge in [-0.2, -0.15) is 0 Å². The molecule has 0 amide bonds. The van der Waals surface area contributed by atoms with Crippen LogP contribution < -0.4 is 4.74 Å². The maximum absolute atomic E-state index is 6.01. The van der Waals surface area contributed by atoms with Crippen molar-refractivity contribution in [3.8, 4) is 17.2 Å². The summed E-state index contributed by atoms with van der Waals surface area (Å²) >= 11 is 1.74. The molecule has 0 aliphatic rings. The van der Waals surface area contributed by atoms with E-state index in [0.717, 1.165) is 17.7 Å². The lowest BCUT2D eigenvalue weighted by molar-refractivity contribution is 0.325. The van der Waals surface area contributed by atoms with Gasteiger partial charge < -0.3 is 9.15 Å². The molecule has 0 radical (unpaired) electrons. The number of rotatable bonds is 5. The smallest absolute Gasteiger partial charge is 0.225 e. The number of benzene rings is 2. The molecule has 0 saturated heterocycles. The van der Waals surface area contributed by atoms with Gasteiger partial charge in [-0.25, -0.2) is 4.98 Å². The van der Waals surface area contributed by atoms with Crippen molar-refractivity contribution in [3.05, 3.63) is 71.4 Å². The first-order valence-corrected chi connectivity index (χ1v) is 8.77. The Balaban J connectivity index is 1.45. The summed E-state index contributed by atoms with van der Waals surface area (Å²) in [5.41, 5.74) is 3.51. The highest BCUT2D eigenvalue weighted by Crippen LogP contribution is 2.29. The zero-order chi connectivity index (χ0) is 16.4. The van der Waals surface area contributed by atoms with E-state index in [0.29, 0.717) is 12.5 Å². The van der Waals surface area contributed by atoms with Crippen molar-refractivity contribution in [2.24, 2.45) is 0 Å². The van der Waals surface area contributed by atoms with Gasteiger partial charge in [-0.3, -0.25) is 0 Å². The van der Waals surface area contributed by atoms with Crippen molar-refractivity contribution in [1.29, 1.82) is 0 Å². The topological polar surface area (TPSA) is 35.3 Å². The van der Waals surface area contributed by atoms with Crippen LogP contribution in [0.1, 0.15) is 11.1 Å². The minimum Gasteiger partial charge on any atom is -0.493 e. The molecule has 3 nitrogen and oxygen atoms in total. The third-order valence-corrected chi connectivity index (χ3v) is 4.99. The maximum Gasteiger partial charge on any atom is 0.225 e. The zero-order valence-corrected chi connectivity index (χ0v) is 14.2. The van der Waals surface area contributed by atoms with Gasteiger partial charge >= 0.3 is 0 Å². The van der Waals surface area contributed by atoms with E-state index in [2.05, 4.69) is 41.6 Å². The molecule has 4 aromatic rings. The quantitative estimate of drug-likeness (QED) is 0.484. The Morgan fingerprint density at radius 2 is 2.12 bits per heavy atom. The fourth-order valence-electron chi connectivity index (χ4n) is 2.84. The molecule has 0 saturated carbocycles. The molecule has 0 N–H and O–H groups in total. The van der Waals surface area contributed by atoms with Crippen molar-refractivity contribution in [2.75, 3.05) is 6.61 Å². The Bertz CT molecular complexity index is 957. The molecule has 4 rings (SSSR count). The molecule has 4 heteroatoms. The molecule has 2 aromatic heterocycles. The van der Waals surface area contributed by atoms with Crippen LogP contribution in [0.25, 0.3) is 21.5 Å². The first-order chi connectivity index (χ1) is 11.8. The summed E-state index contributed by atoms with van der Waals surface area (Å²) in [4.78, 5) is 4.19. The van der Waals surface area contributed by atoms with Crippen LogP contribution in [0.2, 0.25) is 0 Å². The van der Waals surface area contributed by atoms with E-state index in [4.69, 9.17) is 9.15 Å². The first-order valence-electron chi connectivity index (χ1n) is 7.90. The molecule has 0 aliphatic carbocycles. The SMILES string of the molecule is Cc1cc(-c2ncco2)ccc1CCOc1cccc2sccc12. The number of thiophene rings is 1. The number of aromatic nitrogens is 1. The summed E-state index contributed by atoms with van der Waals surface area (Å²) < 4.78 is 12.6. The van der Waals surface area contributed by atoms with Gasteiger partial charge in [0, 0.05) is 22.1 Å².